The van der Waals surface area contributed by atoms with Gasteiger partial charge in [0.15, 0.2) is 0 Å². The summed E-state index contributed by atoms with van der Waals surface area (Å²) in [6.45, 7) is 12.5. The molecule has 0 saturated heterocycles. The van der Waals surface area contributed by atoms with Gasteiger partial charge in [0.25, 0.3) is 0 Å². The minimum Gasteiger partial charge on any atom is -0.545 e. The maximum Gasteiger partial charge on any atom is 1.00 e. The molecule has 3 nitrogen and oxygen atoms in total. The third-order valence-corrected chi connectivity index (χ3v) is 2.99. The molecule has 98 valence electrons. The fourth-order valence-electron chi connectivity index (χ4n) is 1.17. The molecule has 0 spiro atoms. The van der Waals surface area contributed by atoms with Crippen LogP contribution in [0.2, 0.25) is 0 Å². The van der Waals surface area contributed by atoms with Gasteiger partial charge in [-0.2, -0.15) is 0 Å². The van der Waals surface area contributed by atoms with Crippen LogP contribution in [0.3, 0.4) is 0 Å². The minimum absolute atomic E-state index is 0. The van der Waals surface area contributed by atoms with Gasteiger partial charge in [-0.05, 0) is 40.0 Å². The van der Waals surface area contributed by atoms with Crippen LogP contribution >= 0.6 is 0 Å². The normalized spacial score (nSPS) is 18.0. The number of hydrogen-bond acceptors (Lipinski definition) is 3. The molecule has 0 aliphatic rings. The Morgan fingerprint density at radius 2 is 0.941 bits per heavy atom. The summed E-state index contributed by atoms with van der Waals surface area (Å²) in [7, 11) is -1.39. The Kier molecular flexibility index (Phi) is 15.5. The molecule has 0 aliphatic heterocycles. The summed E-state index contributed by atoms with van der Waals surface area (Å²) in [5.74, 6) is 0. The SMILES string of the molecule is CCC(C)O[BH-](OC(C)CC)OC(C)CC.[K+]. The molecule has 0 N–H and O–H groups in total. The van der Waals surface area contributed by atoms with Gasteiger partial charge in [-0.1, -0.05) is 20.8 Å². The first kappa shape index (κ1) is 20.9. The molecule has 0 bridgehead atoms. The fourth-order valence-corrected chi connectivity index (χ4v) is 1.17. The molecule has 3 unspecified atom stereocenters. The molecule has 0 aromatic heterocycles. The summed E-state index contributed by atoms with van der Waals surface area (Å²) in [5, 5.41) is 0. The molecule has 0 aromatic carbocycles. The second-order valence-corrected chi connectivity index (χ2v) is 4.51. The smallest absolute Gasteiger partial charge is 0.545 e. The quantitative estimate of drug-likeness (QED) is 0.558. The van der Waals surface area contributed by atoms with Gasteiger partial charge in [-0.15, -0.1) is 0 Å². The zero-order chi connectivity index (χ0) is 12.6. The van der Waals surface area contributed by atoms with Gasteiger partial charge in [0.2, 0.25) is 0 Å². The third kappa shape index (κ3) is 11.1. The van der Waals surface area contributed by atoms with Crippen molar-refractivity contribution in [2.75, 3.05) is 0 Å². The predicted octanol–water partition coefficient (Wildman–Crippen LogP) is 0.153. The first-order valence-corrected chi connectivity index (χ1v) is 6.65. The average molecular weight is 270 g/mol. The molecule has 0 aromatic rings. The van der Waals surface area contributed by atoms with Crippen molar-refractivity contribution in [1.82, 2.24) is 0 Å². The Hall–Kier alpha value is 1.58. The molecule has 0 amide bonds. The summed E-state index contributed by atoms with van der Waals surface area (Å²) >= 11 is 0. The monoisotopic (exact) mass is 270 g/mol. The Morgan fingerprint density at radius 1 is 0.706 bits per heavy atom. The van der Waals surface area contributed by atoms with Crippen LogP contribution in [-0.4, -0.2) is 25.6 Å². The van der Waals surface area contributed by atoms with Crippen LogP contribution < -0.4 is 51.4 Å². The van der Waals surface area contributed by atoms with Crippen LogP contribution in [0.1, 0.15) is 60.8 Å². The summed E-state index contributed by atoms with van der Waals surface area (Å²) in [4.78, 5) is 0. The molecule has 17 heavy (non-hydrogen) atoms. The van der Waals surface area contributed by atoms with Crippen LogP contribution in [0.15, 0.2) is 0 Å². The summed E-state index contributed by atoms with van der Waals surface area (Å²) < 4.78 is 17.4. The second kappa shape index (κ2) is 12.6. The van der Waals surface area contributed by atoms with Crippen molar-refractivity contribution >= 4 is 7.32 Å². The van der Waals surface area contributed by atoms with E-state index in [2.05, 4.69) is 41.5 Å². The second-order valence-electron chi connectivity index (χ2n) is 4.51. The summed E-state index contributed by atoms with van der Waals surface area (Å²) in [6, 6.07) is 0. The van der Waals surface area contributed by atoms with Crippen LogP contribution in [-0.2, 0) is 14.0 Å². The van der Waals surface area contributed by atoms with E-state index >= 15 is 0 Å². The zero-order valence-electron chi connectivity index (χ0n) is 12.8. The molecule has 0 saturated carbocycles. The summed E-state index contributed by atoms with van der Waals surface area (Å²) in [5.41, 5.74) is 0. The molecular formula is C12H28BKO3. The van der Waals surface area contributed by atoms with Gasteiger partial charge in [0, 0.05) is 18.3 Å². The molecule has 0 aliphatic carbocycles. The molecule has 0 radical (unpaired) electrons. The first-order chi connectivity index (χ1) is 7.53. The van der Waals surface area contributed by atoms with Gasteiger partial charge in [-0.3, -0.25) is 0 Å². The largest absolute Gasteiger partial charge is 1.00 e. The van der Waals surface area contributed by atoms with Gasteiger partial charge in [0.05, 0.1) is 0 Å². The Morgan fingerprint density at radius 3 is 1.12 bits per heavy atom. The fraction of sp³-hybridized carbons (Fsp3) is 1.00. The van der Waals surface area contributed by atoms with E-state index < -0.39 is 7.32 Å². The number of rotatable bonds is 9. The van der Waals surface area contributed by atoms with Crippen molar-refractivity contribution in [2.24, 2.45) is 0 Å². The van der Waals surface area contributed by atoms with Crippen molar-refractivity contribution in [2.45, 2.75) is 79.1 Å². The van der Waals surface area contributed by atoms with Gasteiger partial charge in [0.1, 0.15) is 0 Å². The standard InChI is InChI=1S/C12H28BO3.K/c1-7-10(4)14-13(15-11(5)8-2)16-12(6)9-3;/h10-13H,7-9H2,1-6H3;/q-1;+1. The van der Waals surface area contributed by atoms with Crippen molar-refractivity contribution in [1.29, 1.82) is 0 Å². The van der Waals surface area contributed by atoms with Crippen LogP contribution in [0.4, 0.5) is 0 Å². The van der Waals surface area contributed by atoms with Crippen molar-refractivity contribution in [3.05, 3.63) is 0 Å². The predicted molar refractivity (Wildman–Crippen MR) is 69.7 cm³/mol. The zero-order valence-corrected chi connectivity index (χ0v) is 15.9. The molecule has 3 atom stereocenters. The maximum absolute atomic E-state index is 5.78. The van der Waals surface area contributed by atoms with E-state index in [1.165, 1.54) is 0 Å². The van der Waals surface area contributed by atoms with Crippen LogP contribution in [0.25, 0.3) is 0 Å². The van der Waals surface area contributed by atoms with E-state index in [1.807, 2.05) is 0 Å². The van der Waals surface area contributed by atoms with E-state index in [0.717, 1.165) is 19.3 Å². The van der Waals surface area contributed by atoms with E-state index in [4.69, 9.17) is 14.0 Å². The van der Waals surface area contributed by atoms with Crippen LogP contribution in [0.5, 0.6) is 0 Å². The van der Waals surface area contributed by atoms with E-state index in [-0.39, 0.29) is 69.7 Å². The Balaban J connectivity index is 0. The van der Waals surface area contributed by atoms with E-state index in [1.54, 1.807) is 0 Å². The van der Waals surface area contributed by atoms with E-state index in [0.29, 0.717) is 0 Å². The molecular weight excluding hydrogens is 242 g/mol. The maximum atomic E-state index is 5.78. The first-order valence-electron chi connectivity index (χ1n) is 6.65. The Bertz CT molecular complexity index is 143. The third-order valence-electron chi connectivity index (χ3n) is 2.99. The van der Waals surface area contributed by atoms with E-state index in [9.17, 15) is 0 Å². The van der Waals surface area contributed by atoms with Gasteiger partial charge < -0.3 is 14.0 Å². The molecule has 0 heterocycles. The summed E-state index contributed by atoms with van der Waals surface area (Å²) in [6.07, 6.45) is 3.56. The minimum atomic E-state index is -1.39. The van der Waals surface area contributed by atoms with Crippen molar-refractivity contribution in [3.8, 4) is 0 Å². The molecule has 0 rings (SSSR count). The Labute approximate surface area is 150 Å². The van der Waals surface area contributed by atoms with Gasteiger partial charge in [-0.25, -0.2) is 0 Å². The number of hydrogen-bond donors (Lipinski definition) is 0. The average Bonchev–Trinajstić information content (AvgIpc) is 2.28. The molecule has 5 heteroatoms. The molecule has 0 fully saturated rings. The topological polar surface area (TPSA) is 27.7 Å². The van der Waals surface area contributed by atoms with Crippen LogP contribution in [0, 0.1) is 0 Å². The van der Waals surface area contributed by atoms with Gasteiger partial charge >= 0.3 is 58.7 Å². The van der Waals surface area contributed by atoms with Crippen molar-refractivity contribution < 1.29 is 65.3 Å². The van der Waals surface area contributed by atoms with Crippen molar-refractivity contribution in [3.63, 3.8) is 0 Å².